The molecule has 7 nitrogen and oxygen atoms in total. The maximum Gasteiger partial charge on any atom is 0.332 e. The molecule has 3 heterocycles. The lowest BCUT2D eigenvalue weighted by molar-refractivity contribution is 0.667. The summed E-state index contributed by atoms with van der Waals surface area (Å²) >= 11 is 0. The zero-order valence-corrected chi connectivity index (χ0v) is 16.8. The molecule has 0 unspecified atom stereocenters. The highest BCUT2D eigenvalue weighted by molar-refractivity contribution is 5.77. The summed E-state index contributed by atoms with van der Waals surface area (Å²) in [5.41, 5.74) is 5.23. The first kappa shape index (κ1) is 18.0. The second-order valence-corrected chi connectivity index (χ2v) is 7.32. The van der Waals surface area contributed by atoms with Crippen LogP contribution >= 0.6 is 0 Å². The van der Waals surface area contributed by atoms with Gasteiger partial charge in [0, 0.05) is 30.7 Å². The first-order valence-corrected chi connectivity index (χ1v) is 9.15. The second-order valence-electron chi connectivity index (χ2n) is 7.32. The summed E-state index contributed by atoms with van der Waals surface area (Å²) in [7, 11) is 1.64. The monoisotopic (exact) mass is 377 g/mol. The highest BCUT2D eigenvalue weighted by atomic mass is 16.2. The van der Waals surface area contributed by atoms with E-state index in [1.807, 2.05) is 22.8 Å². The molecule has 0 bridgehead atoms. The predicted molar refractivity (Wildman–Crippen MR) is 111 cm³/mol. The molecule has 0 amide bonds. The molecule has 0 fully saturated rings. The fraction of sp³-hybridized carbons (Fsp3) is 0.286. The van der Waals surface area contributed by atoms with E-state index in [0.29, 0.717) is 16.9 Å². The van der Waals surface area contributed by atoms with Crippen molar-refractivity contribution < 1.29 is 0 Å². The van der Waals surface area contributed by atoms with Crippen LogP contribution < -0.4 is 11.2 Å². The Labute approximate surface area is 161 Å². The van der Waals surface area contributed by atoms with Crippen LogP contribution in [0.15, 0.2) is 40.4 Å². The van der Waals surface area contributed by atoms with Gasteiger partial charge in [-0.2, -0.15) is 4.98 Å². The van der Waals surface area contributed by atoms with Gasteiger partial charge in [-0.05, 0) is 51.0 Å². The Bertz CT molecular complexity index is 1370. The SMILES string of the molecule is C=CCn1c(=O)c2c(nc3n(-c4cc(C)cc(C)c4)c(C)c(C)n23)n(C)c1=O. The molecule has 28 heavy (non-hydrogen) atoms. The lowest BCUT2D eigenvalue weighted by atomic mass is 10.1. The molecule has 0 aliphatic carbocycles. The highest BCUT2D eigenvalue weighted by Gasteiger charge is 2.23. The number of nitrogens with zero attached hydrogens (tertiary/aromatic N) is 5. The molecule has 4 aromatic rings. The molecule has 0 aliphatic heterocycles. The molecule has 0 radical (unpaired) electrons. The third-order valence-corrected chi connectivity index (χ3v) is 5.30. The fourth-order valence-corrected chi connectivity index (χ4v) is 3.93. The van der Waals surface area contributed by atoms with Gasteiger partial charge < -0.3 is 0 Å². The average Bonchev–Trinajstić information content (AvgIpc) is 3.12. The average molecular weight is 377 g/mol. The van der Waals surface area contributed by atoms with E-state index in [9.17, 15) is 9.59 Å². The lowest BCUT2D eigenvalue weighted by Gasteiger charge is -2.09. The van der Waals surface area contributed by atoms with Gasteiger partial charge in [0.1, 0.15) is 0 Å². The zero-order chi connectivity index (χ0) is 20.3. The maximum atomic E-state index is 13.1. The second kappa shape index (κ2) is 6.09. The summed E-state index contributed by atoms with van der Waals surface area (Å²) in [4.78, 5) is 30.4. The fourth-order valence-electron chi connectivity index (χ4n) is 3.93. The highest BCUT2D eigenvalue weighted by Crippen LogP contribution is 2.25. The largest absolute Gasteiger partial charge is 0.332 e. The molecule has 7 heteroatoms. The molecular formula is C21H23N5O2. The number of imidazole rings is 2. The van der Waals surface area contributed by atoms with Gasteiger partial charge in [0.05, 0.1) is 0 Å². The number of allylic oxidation sites excluding steroid dienone is 1. The van der Waals surface area contributed by atoms with Gasteiger partial charge in [-0.1, -0.05) is 12.1 Å². The van der Waals surface area contributed by atoms with Gasteiger partial charge in [-0.3, -0.25) is 22.9 Å². The summed E-state index contributed by atoms with van der Waals surface area (Å²) in [5.74, 6) is 0.624. The van der Waals surface area contributed by atoms with Crippen LogP contribution in [0.4, 0.5) is 0 Å². The van der Waals surface area contributed by atoms with Crippen LogP contribution in [0, 0.1) is 27.7 Å². The summed E-state index contributed by atoms with van der Waals surface area (Å²) < 4.78 is 6.50. The lowest BCUT2D eigenvalue weighted by Crippen LogP contribution is -2.39. The summed E-state index contributed by atoms with van der Waals surface area (Å²) in [6.07, 6.45) is 1.55. The first-order valence-electron chi connectivity index (χ1n) is 9.15. The minimum Gasteiger partial charge on any atom is -0.283 e. The van der Waals surface area contributed by atoms with Crippen LogP contribution in [-0.4, -0.2) is 23.1 Å². The quantitative estimate of drug-likeness (QED) is 0.516. The van der Waals surface area contributed by atoms with Crippen LogP contribution in [0.1, 0.15) is 22.5 Å². The Hall–Kier alpha value is -3.35. The Morgan fingerprint density at radius 1 is 1.04 bits per heavy atom. The number of aromatic nitrogens is 5. The molecule has 1 aromatic carbocycles. The van der Waals surface area contributed by atoms with Crippen molar-refractivity contribution in [3.05, 3.63) is 74.2 Å². The van der Waals surface area contributed by atoms with Gasteiger partial charge in [-0.15, -0.1) is 6.58 Å². The van der Waals surface area contributed by atoms with Gasteiger partial charge >= 0.3 is 5.69 Å². The number of hydrogen-bond donors (Lipinski definition) is 0. The molecular weight excluding hydrogens is 354 g/mol. The van der Waals surface area contributed by atoms with E-state index in [2.05, 4.69) is 38.6 Å². The molecule has 144 valence electrons. The topological polar surface area (TPSA) is 66.2 Å². The molecule has 0 saturated heterocycles. The standard InChI is InChI=1S/C21H23N5O2/c1-7-8-24-19(27)17-18(23(6)21(24)28)22-20-25(14(4)15(5)26(17)20)16-10-12(2)9-13(3)11-16/h7,9-11H,1,8H2,2-6H3. The minimum atomic E-state index is -0.398. The van der Waals surface area contributed by atoms with Crippen molar-refractivity contribution in [1.29, 1.82) is 0 Å². The normalized spacial score (nSPS) is 11.6. The molecule has 0 aliphatic rings. The molecule has 4 rings (SSSR count). The summed E-state index contributed by atoms with van der Waals surface area (Å²) in [6, 6.07) is 6.30. The van der Waals surface area contributed by atoms with E-state index in [0.717, 1.165) is 28.2 Å². The van der Waals surface area contributed by atoms with E-state index in [4.69, 9.17) is 4.98 Å². The summed E-state index contributed by atoms with van der Waals surface area (Å²) in [5, 5.41) is 0. The molecule has 0 N–H and O–H groups in total. The first-order chi connectivity index (χ1) is 13.3. The van der Waals surface area contributed by atoms with Crippen molar-refractivity contribution in [1.82, 2.24) is 23.1 Å². The van der Waals surface area contributed by atoms with E-state index in [1.54, 1.807) is 13.1 Å². The van der Waals surface area contributed by atoms with Crippen molar-refractivity contribution in [3.8, 4) is 5.69 Å². The Morgan fingerprint density at radius 2 is 1.68 bits per heavy atom. The summed E-state index contributed by atoms with van der Waals surface area (Å²) in [6.45, 7) is 11.9. The van der Waals surface area contributed by atoms with Crippen LogP contribution in [0.5, 0.6) is 0 Å². The number of benzene rings is 1. The molecule has 0 saturated carbocycles. The molecule has 0 atom stereocenters. The maximum absolute atomic E-state index is 13.1. The number of fused-ring (bicyclic) bond motifs is 3. The van der Waals surface area contributed by atoms with Crippen LogP contribution in [0.2, 0.25) is 0 Å². The van der Waals surface area contributed by atoms with E-state index < -0.39 is 5.69 Å². The zero-order valence-electron chi connectivity index (χ0n) is 16.8. The van der Waals surface area contributed by atoms with Crippen molar-refractivity contribution in [2.45, 2.75) is 34.2 Å². The number of hydrogen-bond acceptors (Lipinski definition) is 3. The van der Waals surface area contributed by atoms with E-state index >= 15 is 0 Å². The number of rotatable bonds is 3. The van der Waals surface area contributed by atoms with Gasteiger partial charge in [0.15, 0.2) is 11.2 Å². The van der Waals surface area contributed by atoms with Crippen molar-refractivity contribution in [2.75, 3.05) is 0 Å². The van der Waals surface area contributed by atoms with Crippen LogP contribution in [-0.2, 0) is 13.6 Å². The van der Waals surface area contributed by atoms with Crippen LogP contribution in [0.3, 0.4) is 0 Å². The van der Waals surface area contributed by atoms with Crippen molar-refractivity contribution in [3.63, 3.8) is 0 Å². The Morgan fingerprint density at radius 3 is 2.29 bits per heavy atom. The number of aryl methyl sites for hydroxylation is 4. The third kappa shape index (κ3) is 2.32. The third-order valence-electron chi connectivity index (χ3n) is 5.30. The minimum absolute atomic E-state index is 0.157. The van der Waals surface area contributed by atoms with Gasteiger partial charge in [-0.25, -0.2) is 4.79 Å². The van der Waals surface area contributed by atoms with Crippen molar-refractivity contribution in [2.24, 2.45) is 7.05 Å². The smallest absolute Gasteiger partial charge is 0.283 e. The van der Waals surface area contributed by atoms with E-state index in [1.165, 1.54) is 9.13 Å². The Balaban J connectivity index is 2.22. The van der Waals surface area contributed by atoms with E-state index in [-0.39, 0.29) is 12.1 Å². The molecule has 0 spiro atoms. The van der Waals surface area contributed by atoms with Gasteiger partial charge in [0.2, 0.25) is 5.78 Å². The van der Waals surface area contributed by atoms with Crippen molar-refractivity contribution >= 4 is 16.9 Å². The van der Waals surface area contributed by atoms with Gasteiger partial charge in [0.25, 0.3) is 5.56 Å². The molecule has 3 aromatic heterocycles. The Kier molecular flexibility index (Phi) is 3.92. The predicted octanol–water partition coefficient (Wildman–Crippen LogP) is 2.56. The van der Waals surface area contributed by atoms with Crippen LogP contribution in [0.25, 0.3) is 22.6 Å².